The van der Waals surface area contributed by atoms with Crippen molar-refractivity contribution in [3.8, 4) is 5.75 Å². The van der Waals surface area contributed by atoms with Gasteiger partial charge in [-0.15, -0.1) is 0 Å². The Morgan fingerprint density at radius 3 is 2.76 bits per heavy atom. The van der Waals surface area contributed by atoms with Crippen LogP contribution in [-0.4, -0.2) is 24.5 Å². The molecule has 6 heteroatoms. The topological polar surface area (TPSA) is 42.7 Å². The summed E-state index contributed by atoms with van der Waals surface area (Å²) < 4.78 is 23.7. The van der Waals surface area contributed by atoms with E-state index in [1.54, 1.807) is 7.05 Å². The fourth-order valence-corrected chi connectivity index (χ4v) is 1.88. The van der Waals surface area contributed by atoms with E-state index in [9.17, 15) is 9.18 Å². The number of carbonyl (C=O) groups excluding carboxylic acids is 1. The standard InChI is InChI=1S/C15H15ClFNO3/c1-10-3-4-12(21-10)8-18(2)15(19)9-20-11-5-6-14(17)13(16)7-11/h3-7H,8-9H2,1-2H3. The Hall–Kier alpha value is -2.01. The largest absolute Gasteiger partial charge is 0.484 e. The predicted molar refractivity (Wildman–Crippen MR) is 76.8 cm³/mol. The van der Waals surface area contributed by atoms with Gasteiger partial charge in [0.05, 0.1) is 11.6 Å². The number of furan rings is 1. The molecule has 2 aromatic rings. The summed E-state index contributed by atoms with van der Waals surface area (Å²) in [4.78, 5) is 13.4. The van der Waals surface area contributed by atoms with Crippen LogP contribution >= 0.6 is 11.6 Å². The van der Waals surface area contributed by atoms with Gasteiger partial charge in [-0.3, -0.25) is 4.79 Å². The number of ether oxygens (including phenoxy) is 1. The number of likely N-dealkylation sites (N-methyl/N-ethyl adjacent to an activating group) is 1. The molecule has 1 aromatic carbocycles. The highest BCUT2D eigenvalue weighted by molar-refractivity contribution is 6.30. The molecule has 0 unspecified atom stereocenters. The number of hydrogen-bond acceptors (Lipinski definition) is 3. The first-order valence-corrected chi connectivity index (χ1v) is 6.70. The van der Waals surface area contributed by atoms with Crippen molar-refractivity contribution < 1.29 is 18.3 Å². The number of aryl methyl sites for hydroxylation is 1. The van der Waals surface area contributed by atoms with Crippen LogP contribution < -0.4 is 4.74 Å². The average molecular weight is 312 g/mol. The Labute approximate surface area is 127 Å². The van der Waals surface area contributed by atoms with E-state index < -0.39 is 5.82 Å². The van der Waals surface area contributed by atoms with Crippen LogP contribution in [0.25, 0.3) is 0 Å². The Bertz CT molecular complexity index is 642. The Morgan fingerprint density at radius 1 is 1.38 bits per heavy atom. The van der Waals surface area contributed by atoms with Crippen LogP contribution in [-0.2, 0) is 11.3 Å². The number of nitrogens with zero attached hydrogens (tertiary/aromatic N) is 1. The van der Waals surface area contributed by atoms with E-state index in [-0.39, 0.29) is 17.5 Å². The second kappa shape index (κ2) is 6.63. The van der Waals surface area contributed by atoms with Crippen molar-refractivity contribution in [1.29, 1.82) is 0 Å². The summed E-state index contributed by atoms with van der Waals surface area (Å²) in [7, 11) is 1.65. The molecule has 21 heavy (non-hydrogen) atoms. The summed E-state index contributed by atoms with van der Waals surface area (Å²) >= 11 is 5.64. The third-order valence-electron chi connectivity index (χ3n) is 2.87. The second-order valence-corrected chi connectivity index (χ2v) is 5.03. The van der Waals surface area contributed by atoms with Gasteiger partial charge in [-0.2, -0.15) is 0 Å². The molecule has 0 aliphatic carbocycles. The molecule has 112 valence electrons. The molecule has 1 heterocycles. The van der Waals surface area contributed by atoms with Crippen LogP contribution in [0.1, 0.15) is 11.5 Å². The molecule has 4 nitrogen and oxygen atoms in total. The molecule has 0 aliphatic heterocycles. The average Bonchev–Trinajstić information content (AvgIpc) is 2.85. The molecular formula is C15H15ClFNO3. The normalized spacial score (nSPS) is 10.5. The maximum atomic E-state index is 13.0. The Kier molecular flexibility index (Phi) is 4.85. The highest BCUT2D eigenvalue weighted by Crippen LogP contribution is 2.21. The minimum Gasteiger partial charge on any atom is -0.484 e. The molecule has 0 fully saturated rings. The van der Waals surface area contributed by atoms with Crippen molar-refractivity contribution in [2.24, 2.45) is 0 Å². The molecule has 0 saturated carbocycles. The molecule has 0 N–H and O–H groups in total. The zero-order valence-corrected chi connectivity index (χ0v) is 12.5. The van der Waals surface area contributed by atoms with E-state index >= 15 is 0 Å². The van der Waals surface area contributed by atoms with Gasteiger partial charge in [0.25, 0.3) is 5.91 Å². The number of hydrogen-bond donors (Lipinski definition) is 0. The molecule has 1 amide bonds. The summed E-state index contributed by atoms with van der Waals surface area (Å²) in [6, 6.07) is 7.60. The molecule has 0 radical (unpaired) electrons. The van der Waals surface area contributed by atoms with E-state index in [0.717, 1.165) is 5.76 Å². The van der Waals surface area contributed by atoms with E-state index in [1.807, 2.05) is 19.1 Å². The first-order chi connectivity index (χ1) is 9.95. The van der Waals surface area contributed by atoms with Gasteiger partial charge in [0.1, 0.15) is 23.1 Å². The van der Waals surface area contributed by atoms with Gasteiger partial charge in [-0.1, -0.05) is 11.6 Å². The lowest BCUT2D eigenvalue weighted by atomic mass is 10.3. The van der Waals surface area contributed by atoms with Gasteiger partial charge in [-0.25, -0.2) is 4.39 Å². The minimum atomic E-state index is -0.527. The molecule has 0 aliphatic rings. The van der Waals surface area contributed by atoms with Crippen LogP contribution in [0, 0.1) is 12.7 Å². The number of rotatable bonds is 5. The van der Waals surface area contributed by atoms with E-state index in [4.69, 9.17) is 20.8 Å². The zero-order chi connectivity index (χ0) is 15.4. The molecule has 1 aromatic heterocycles. The fourth-order valence-electron chi connectivity index (χ4n) is 1.71. The molecule has 0 spiro atoms. The highest BCUT2D eigenvalue weighted by atomic mass is 35.5. The van der Waals surface area contributed by atoms with Gasteiger partial charge in [-0.05, 0) is 31.2 Å². The van der Waals surface area contributed by atoms with Gasteiger partial charge < -0.3 is 14.1 Å². The lowest BCUT2D eigenvalue weighted by Crippen LogP contribution is -2.30. The molecule has 0 saturated heterocycles. The van der Waals surface area contributed by atoms with E-state index in [1.165, 1.54) is 23.1 Å². The zero-order valence-electron chi connectivity index (χ0n) is 11.7. The molecule has 0 atom stereocenters. The molecule has 2 rings (SSSR count). The number of halogens is 2. The maximum Gasteiger partial charge on any atom is 0.260 e. The monoisotopic (exact) mass is 311 g/mol. The summed E-state index contributed by atoms with van der Waals surface area (Å²) in [6.45, 7) is 2.05. The summed E-state index contributed by atoms with van der Waals surface area (Å²) in [5, 5.41) is -0.0423. The van der Waals surface area contributed by atoms with Gasteiger partial charge >= 0.3 is 0 Å². The SMILES string of the molecule is Cc1ccc(CN(C)C(=O)COc2ccc(F)c(Cl)c2)o1. The molecule has 0 bridgehead atoms. The lowest BCUT2D eigenvalue weighted by Gasteiger charge is -2.16. The van der Waals surface area contributed by atoms with Gasteiger partial charge in [0.15, 0.2) is 6.61 Å². The highest BCUT2D eigenvalue weighted by Gasteiger charge is 2.12. The second-order valence-electron chi connectivity index (χ2n) is 4.63. The summed E-state index contributed by atoms with van der Waals surface area (Å²) in [5.74, 6) is 1.10. The first-order valence-electron chi connectivity index (χ1n) is 6.33. The maximum absolute atomic E-state index is 13.0. The van der Waals surface area contributed by atoms with Crippen LogP contribution in [0.2, 0.25) is 5.02 Å². The Morgan fingerprint density at radius 2 is 2.14 bits per heavy atom. The van der Waals surface area contributed by atoms with Crippen molar-refractivity contribution in [3.05, 3.63) is 52.7 Å². The minimum absolute atomic E-state index is 0.0423. The van der Waals surface area contributed by atoms with Crippen molar-refractivity contribution in [3.63, 3.8) is 0 Å². The Balaban J connectivity index is 1.87. The van der Waals surface area contributed by atoms with Crippen molar-refractivity contribution in [1.82, 2.24) is 4.90 Å². The fraction of sp³-hybridized carbons (Fsp3) is 0.267. The van der Waals surface area contributed by atoms with E-state index in [0.29, 0.717) is 18.1 Å². The number of amides is 1. The lowest BCUT2D eigenvalue weighted by molar-refractivity contribution is -0.132. The third-order valence-corrected chi connectivity index (χ3v) is 3.16. The third kappa shape index (κ3) is 4.23. The van der Waals surface area contributed by atoms with Crippen molar-refractivity contribution in [2.45, 2.75) is 13.5 Å². The van der Waals surface area contributed by atoms with E-state index in [2.05, 4.69) is 0 Å². The van der Waals surface area contributed by atoms with Gasteiger partial charge in [0.2, 0.25) is 0 Å². The summed E-state index contributed by atoms with van der Waals surface area (Å²) in [6.07, 6.45) is 0. The van der Waals surface area contributed by atoms with Crippen molar-refractivity contribution >= 4 is 17.5 Å². The van der Waals surface area contributed by atoms with Crippen LogP contribution in [0.5, 0.6) is 5.75 Å². The predicted octanol–water partition coefficient (Wildman–Crippen LogP) is 3.42. The summed E-state index contributed by atoms with van der Waals surface area (Å²) in [5.41, 5.74) is 0. The quantitative estimate of drug-likeness (QED) is 0.849. The smallest absolute Gasteiger partial charge is 0.260 e. The van der Waals surface area contributed by atoms with Crippen LogP contribution in [0.3, 0.4) is 0 Å². The molecular weight excluding hydrogens is 297 g/mol. The van der Waals surface area contributed by atoms with Gasteiger partial charge in [0, 0.05) is 13.1 Å². The first kappa shape index (κ1) is 15.4. The number of carbonyl (C=O) groups is 1. The van der Waals surface area contributed by atoms with Crippen molar-refractivity contribution in [2.75, 3.05) is 13.7 Å². The van der Waals surface area contributed by atoms with Crippen LogP contribution in [0.4, 0.5) is 4.39 Å². The van der Waals surface area contributed by atoms with Crippen LogP contribution in [0.15, 0.2) is 34.7 Å². The number of benzene rings is 1.